The third kappa shape index (κ3) is 5.17. The zero-order chi connectivity index (χ0) is 17.5. The molecule has 5 nitrogen and oxygen atoms in total. The number of nitro benzene ring substituents is 1. The zero-order valence-electron chi connectivity index (χ0n) is 12.2. The monoisotopic (exact) mass is 350 g/mol. The number of hydrogen-bond acceptors (Lipinski definition) is 4. The van der Waals surface area contributed by atoms with Gasteiger partial charge in [-0.15, -0.1) is 0 Å². The van der Waals surface area contributed by atoms with Gasteiger partial charge in [-0.2, -0.15) is 8.78 Å². The Bertz CT molecular complexity index is 764. The first-order valence-corrected chi connectivity index (χ1v) is 7.61. The van der Waals surface area contributed by atoms with Crippen LogP contribution in [0.5, 0.6) is 0 Å². The Morgan fingerprint density at radius 2 is 1.83 bits per heavy atom. The molecule has 0 saturated heterocycles. The third-order valence-electron chi connectivity index (χ3n) is 2.89. The van der Waals surface area contributed by atoms with Crippen LogP contribution in [-0.4, -0.2) is 16.6 Å². The Morgan fingerprint density at radius 3 is 2.46 bits per heavy atom. The number of alkyl halides is 2. The molecule has 1 N–H and O–H groups in total. The summed E-state index contributed by atoms with van der Waals surface area (Å²) in [6.07, 6.45) is 2.51. The van der Waals surface area contributed by atoms with E-state index in [0.717, 1.165) is 0 Å². The van der Waals surface area contributed by atoms with Crippen molar-refractivity contribution in [2.24, 2.45) is 0 Å². The number of nitro groups is 1. The molecule has 1 amide bonds. The molecular formula is C16H12F2N2O3S. The molecule has 24 heavy (non-hydrogen) atoms. The second-order valence-corrected chi connectivity index (χ2v) is 5.60. The number of amides is 1. The number of benzene rings is 2. The van der Waals surface area contributed by atoms with E-state index in [1.165, 1.54) is 54.6 Å². The summed E-state index contributed by atoms with van der Waals surface area (Å²) in [5.41, 5.74) is 0.641. The van der Waals surface area contributed by atoms with Crippen LogP contribution in [0, 0.1) is 10.1 Å². The van der Waals surface area contributed by atoms with E-state index in [1.54, 1.807) is 6.07 Å². The van der Waals surface area contributed by atoms with E-state index in [2.05, 4.69) is 5.32 Å². The quantitative estimate of drug-likeness (QED) is 0.359. The van der Waals surface area contributed by atoms with Crippen LogP contribution in [0.2, 0.25) is 0 Å². The first kappa shape index (κ1) is 17.6. The smallest absolute Gasteiger partial charge is 0.288 e. The lowest BCUT2D eigenvalue weighted by atomic mass is 10.1. The number of rotatable bonds is 6. The van der Waals surface area contributed by atoms with Gasteiger partial charge in [0.05, 0.1) is 10.5 Å². The molecule has 0 heterocycles. The van der Waals surface area contributed by atoms with E-state index in [1.807, 2.05) is 0 Å². The molecule has 0 aliphatic rings. The molecular weight excluding hydrogens is 338 g/mol. The molecule has 0 saturated carbocycles. The van der Waals surface area contributed by atoms with Crippen LogP contribution >= 0.6 is 11.8 Å². The fourth-order valence-electron chi connectivity index (χ4n) is 1.86. The number of halogens is 2. The van der Waals surface area contributed by atoms with E-state index in [9.17, 15) is 23.7 Å². The summed E-state index contributed by atoms with van der Waals surface area (Å²) in [6.45, 7) is 0. The minimum Gasteiger partial charge on any atom is -0.323 e. The van der Waals surface area contributed by atoms with Crippen molar-refractivity contribution in [1.29, 1.82) is 0 Å². The topological polar surface area (TPSA) is 72.2 Å². The Hall–Kier alpha value is -2.74. The van der Waals surface area contributed by atoms with Crippen molar-refractivity contribution in [1.82, 2.24) is 0 Å². The van der Waals surface area contributed by atoms with Crippen LogP contribution in [-0.2, 0) is 4.79 Å². The second-order valence-electron chi connectivity index (χ2n) is 4.54. The Kier molecular flexibility index (Phi) is 6.02. The molecule has 0 aromatic heterocycles. The number of thioether (sulfide) groups is 1. The van der Waals surface area contributed by atoms with Crippen molar-refractivity contribution in [3.63, 3.8) is 0 Å². The van der Waals surface area contributed by atoms with Crippen LogP contribution in [0.15, 0.2) is 59.5 Å². The number of hydrogen-bond donors (Lipinski definition) is 1. The highest BCUT2D eigenvalue weighted by atomic mass is 32.2. The number of nitrogens with zero attached hydrogens (tertiary/aromatic N) is 1. The van der Waals surface area contributed by atoms with Gasteiger partial charge in [0, 0.05) is 22.7 Å². The summed E-state index contributed by atoms with van der Waals surface area (Å²) in [6, 6.07) is 12.0. The fourth-order valence-corrected chi connectivity index (χ4v) is 2.36. The molecule has 0 atom stereocenters. The number of carbonyl (C=O) groups is 1. The first-order chi connectivity index (χ1) is 11.5. The molecule has 0 fully saturated rings. The van der Waals surface area contributed by atoms with Gasteiger partial charge >= 0.3 is 0 Å². The van der Waals surface area contributed by atoms with Gasteiger partial charge in [-0.1, -0.05) is 23.9 Å². The SMILES string of the molecule is O=C(/C=C/c1ccccc1[N+](=O)[O-])Nc1ccc(SC(F)F)cc1. The molecule has 0 aliphatic carbocycles. The highest BCUT2D eigenvalue weighted by Crippen LogP contribution is 2.26. The summed E-state index contributed by atoms with van der Waals surface area (Å²) in [5.74, 6) is -2.99. The summed E-state index contributed by atoms with van der Waals surface area (Å²) in [4.78, 5) is 22.6. The zero-order valence-corrected chi connectivity index (χ0v) is 13.0. The Labute approximate surface area is 140 Å². The molecule has 0 radical (unpaired) electrons. The lowest BCUT2D eigenvalue weighted by molar-refractivity contribution is -0.385. The largest absolute Gasteiger partial charge is 0.323 e. The van der Waals surface area contributed by atoms with Crippen LogP contribution < -0.4 is 5.32 Å². The van der Waals surface area contributed by atoms with Gasteiger partial charge in [0.1, 0.15) is 0 Å². The molecule has 0 spiro atoms. The molecule has 8 heteroatoms. The van der Waals surface area contributed by atoms with E-state index in [-0.39, 0.29) is 5.69 Å². The maximum Gasteiger partial charge on any atom is 0.288 e. The summed E-state index contributed by atoms with van der Waals surface area (Å²) >= 11 is 0.414. The van der Waals surface area contributed by atoms with E-state index < -0.39 is 16.6 Å². The molecule has 0 aliphatic heterocycles. The van der Waals surface area contributed by atoms with E-state index >= 15 is 0 Å². The van der Waals surface area contributed by atoms with Crippen molar-refractivity contribution < 1.29 is 18.5 Å². The predicted octanol–water partition coefficient (Wildman–Crippen LogP) is 4.56. The molecule has 2 aromatic rings. The van der Waals surface area contributed by atoms with Crippen molar-refractivity contribution in [2.75, 3.05) is 5.32 Å². The van der Waals surface area contributed by atoms with E-state index in [4.69, 9.17) is 0 Å². The Morgan fingerprint density at radius 1 is 1.17 bits per heavy atom. The van der Waals surface area contributed by atoms with Crippen LogP contribution in [0.3, 0.4) is 0 Å². The molecule has 0 unspecified atom stereocenters. The van der Waals surface area contributed by atoms with Gasteiger partial charge in [0.15, 0.2) is 0 Å². The van der Waals surface area contributed by atoms with Gasteiger partial charge in [-0.25, -0.2) is 0 Å². The second kappa shape index (κ2) is 8.21. The van der Waals surface area contributed by atoms with Crippen molar-refractivity contribution in [3.05, 3.63) is 70.3 Å². The number of para-hydroxylation sites is 1. The summed E-state index contributed by atoms with van der Waals surface area (Å²) in [7, 11) is 0. The van der Waals surface area contributed by atoms with Crippen molar-refractivity contribution in [3.8, 4) is 0 Å². The lowest BCUT2D eigenvalue weighted by Crippen LogP contribution is -2.07. The molecule has 2 rings (SSSR count). The molecule has 124 valence electrons. The first-order valence-electron chi connectivity index (χ1n) is 6.73. The number of anilines is 1. The maximum absolute atomic E-state index is 12.2. The van der Waals surface area contributed by atoms with Gasteiger partial charge in [-0.3, -0.25) is 14.9 Å². The lowest BCUT2D eigenvalue weighted by Gasteiger charge is -2.04. The third-order valence-corrected chi connectivity index (χ3v) is 3.62. The standard InChI is InChI=1S/C16H12F2N2O3S/c17-16(18)24-13-8-6-12(7-9-13)19-15(21)10-5-11-3-1-2-4-14(11)20(22)23/h1-10,16H,(H,19,21)/b10-5+. The van der Waals surface area contributed by atoms with Gasteiger partial charge in [-0.05, 0) is 36.4 Å². The average Bonchev–Trinajstić information content (AvgIpc) is 2.54. The predicted molar refractivity (Wildman–Crippen MR) is 89.1 cm³/mol. The van der Waals surface area contributed by atoms with Gasteiger partial charge < -0.3 is 5.32 Å². The highest BCUT2D eigenvalue weighted by molar-refractivity contribution is 7.99. The highest BCUT2D eigenvalue weighted by Gasteiger charge is 2.10. The number of carbonyl (C=O) groups excluding carboxylic acids is 1. The summed E-state index contributed by atoms with van der Waals surface area (Å²) < 4.78 is 24.4. The van der Waals surface area contributed by atoms with Crippen molar-refractivity contribution >= 4 is 35.1 Å². The number of nitrogens with one attached hydrogen (secondary N) is 1. The fraction of sp³-hybridized carbons (Fsp3) is 0.0625. The average molecular weight is 350 g/mol. The maximum atomic E-state index is 12.2. The summed E-state index contributed by atoms with van der Waals surface area (Å²) in [5, 5.41) is 13.4. The van der Waals surface area contributed by atoms with Crippen LogP contribution in [0.4, 0.5) is 20.2 Å². The molecule has 2 aromatic carbocycles. The van der Waals surface area contributed by atoms with Crippen LogP contribution in [0.25, 0.3) is 6.08 Å². The minimum absolute atomic E-state index is 0.102. The minimum atomic E-state index is -2.50. The molecule has 0 bridgehead atoms. The van der Waals surface area contributed by atoms with Crippen molar-refractivity contribution in [2.45, 2.75) is 10.7 Å². The Balaban J connectivity index is 2.02. The normalized spacial score (nSPS) is 11.0. The van der Waals surface area contributed by atoms with Gasteiger partial charge in [0.2, 0.25) is 5.91 Å². The van der Waals surface area contributed by atoms with Gasteiger partial charge in [0.25, 0.3) is 11.4 Å². The van der Waals surface area contributed by atoms with Crippen LogP contribution in [0.1, 0.15) is 5.56 Å². The van der Waals surface area contributed by atoms with E-state index in [0.29, 0.717) is 27.9 Å².